The summed E-state index contributed by atoms with van der Waals surface area (Å²) >= 11 is 6.26. The second-order valence-electron chi connectivity index (χ2n) is 5.51. The molecule has 0 aliphatic carbocycles. The largest absolute Gasteiger partial charge is 0.487 e. The molecule has 0 unspecified atom stereocenters. The maximum absolute atomic E-state index is 12.1. The SMILES string of the molecule is CNC(=O)/C(=N\OC)c1ccccc1COc1cc(C)c(C)cc1Cl. The van der Waals surface area contributed by atoms with Gasteiger partial charge in [-0.3, -0.25) is 4.79 Å². The number of hydrogen-bond acceptors (Lipinski definition) is 4. The third kappa shape index (κ3) is 4.51. The van der Waals surface area contributed by atoms with E-state index in [-0.39, 0.29) is 18.2 Å². The maximum atomic E-state index is 12.1. The van der Waals surface area contributed by atoms with Gasteiger partial charge in [-0.15, -0.1) is 0 Å². The van der Waals surface area contributed by atoms with Crippen LogP contribution in [0.25, 0.3) is 0 Å². The van der Waals surface area contributed by atoms with E-state index in [1.807, 2.05) is 44.2 Å². The number of ether oxygens (including phenoxy) is 1. The van der Waals surface area contributed by atoms with Crippen molar-refractivity contribution in [2.75, 3.05) is 14.2 Å². The van der Waals surface area contributed by atoms with Gasteiger partial charge in [-0.2, -0.15) is 0 Å². The topological polar surface area (TPSA) is 59.9 Å². The predicted molar refractivity (Wildman–Crippen MR) is 99.3 cm³/mol. The summed E-state index contributed by atoms with van der Waals surface area (Å²) in [7, 11) is 2.94. The molecule has 0 aliphatic rings. The van der Waals surface area contributed by atoms with Crippen LogP contribution >= 0.6 is 11.6 Å². The molecule has 0 aromatic heterocycles. The summed E-state index contributed by atoms with van der Waals surface area (Å²) in [6, 6.07) is 11.2. The molecule has 2 aromatic carbocycles. The Labute approximate surface area is 152 Å². The van der Waals surface area contributed by atoms with Crippen LogP contribution in [0, 0.1) is 13.8 Å². The Morgan fingerprint density at radius 2 is 1.88 bits per heavy atom. The predicted octanol–water partition coefficient (Wildman–Crippen LogP) is 3.63. The number of halogens is 1. The molecule has 5 nitrogen and oxygen atoms in total. The van der Waals surface area contributed by atoms with E-state index < -0.39 is 0 Å². The number of aryl methyl sites for hydroxylation is 2. The number of oxime groups is 1. The molecule has 0 fully saturated rings. The van der Waals surface area contributed by atoms with Crippen molar-refractivity contribution in [2.24, 2.45) is 5.16 Å². The van der Waals surface area contributed by atoms with Crippen LogP contribution in [0.4, 0.5) is 0 Å². The van der Waals surface area contributed by atoms with Crippen molar-refractivity contribution >= 4 is 23.2 Å². The van der Waals surface area contributed by atoms with Gasteiger partial charge in [0.1, 0.15) is 19.5 Å². The summed E-state index contributed by atoms with van der Waals surface area (Å²) in [6.07, 6.45) is 0. The first kappa shape index (κ1) is 18.8. The van der Waals surface area contributed by atoms with Gasteiger partial charge in [0.25, 0.3) is 5.91 Å². The Bertz CT molecular complexity index is 803. The number of likely N-dealkylation sites (N-methyl/N-ethyl adjacent to an activating group) is 1. The average Bonchev–Trinajstić information content (AvgIpc) is 2.61. The minimum Gasteiger partial charge on any atom is -0.487 e. The number of benzene rings is 2. The van der Waals surface area contributed by atoms with Gasteiger partial charge in [0.05, 0.1) is 5.02 Å². The highest BCUT2D eigenvalue weighted by Crippen LogP contribution is 2.28. The zero-order chi connectivity index (χ0) is 18.4. The first-order valence-electron chi connectivity index (χ1n) is 7.79. The van der Waals surface area contributed by atoms with Crippen LogP contribution in [0.1, 0.15) is 22.3 Å². The Hall–Kier alpha value is -2.53. The van der Waals surface area contributed by atoms with E-state index in [9.17, 15) is 4.79 Å². The number of nitrogens with one attached hydrogen (secondary N) is 1. The van der Waals surface area contributed by atoms with E-state index in [1.54, 1.807) is 13.1 Å². The van der Waals surface area contributed by atoms with Crippen LogP contribution < -0.4 is 10.1 Å². The summed E-state index contributed by atoms with van der Waals surface area (Å²) in [5.74, 6) is 0.267. The highest BCUT2D eigenvalue weighted by molar-refractivity contribution is 6.45. The highest BCUT2D eigenvalue weighted by Gasteiger charge is 2.17. The summed E-state index contributed by atoms with van der Waals surface area (Å²) < 4.78 is 5.88. The van der Waals surface area contributed by atoms with E-state index in [0.29, 0.717) is 16.3 Å². The minimum atomic E-state index is -0.335. The maximum Gasteiger partial charge on any atom is 0.273 e. The molecule has 1 N–H and O–H groups in total. The van der Waals surface area contributed by atoms with Crippen LogP contribution in [0.5, 0.6) is 5.75 Å². The van der Waals surface area contributed by atoms with Crippen LogP contribution in [0.2, 0.25) is 5.02 Å². The van der Waals surface area contributed by atoms with Gasteiger partial charge >= 0.3 is 0 Å². The van der Waals surface area contributed by atoms with Crippen molar-refractivity contribution in [2.45, 2.75) is 20.5 Å². The fourth-order valence-corrected chi connectivity index (χ4v) is 2.59. The molecule has 0 heterocycles. The van der Waals surface area contributed by atoms with Crippen LogP contribution in [-0.4, -0.2) is 25.8 Å². The smallest absolute Gasteiger partial charge is 0.273 e. The lowest BCUT2D eigenvalue weighted by Crippen LogP contribution is -2.29. The van der Waals surface area contributed by atoms with Gasteiger partial charge in [0.15, 0.2) is 5.71 Å². The molecule has 25 heavy (non-hydrogen) atoms. The number of amides is 1. The number of nitrogens with zero attached hydrogens (tertiary/aromatic N) is 1. The second-order valence-corrected chi connectivity index (χ2v) is 5.92. The molecule has 2 rings (SSSR count). The third-order valence-electron chi connectivity index (χ3n) is 3.83. The fourth-order valence-electron chi connectivity index (χ4n) is 2.32. The zero-order valence-electron chi connectivity index (χ0n) is 14.7. The second kappa shape index (κ2) is 8.53. The number of carbonyl (C=O) groups excluding carboxylic acids is 1. The average molecular weight is 361 g/mol. The molecule has 0 atom stereocenters. The fraction of sp³-hybridized carbons (Fsp3) is 0.263. The van der Waals surface area contributed by atoms with Gasteiger partial charge in [-0.05, 0) is 42.7 Å². The molecular formula is C19H21ClN2O3. The first-order valence-corrected chi connectivity index (χ1v) is 8.16. The molecule has 1 amide bonds. The zero-order valence-corrected chi connectivity index (χ0v) is 15.5. The van der Waals surface area contributed by atoms with E-state index in [0.717, 1.165) is 16.7 Å². The molecule has 0 saturated heterocycles. The van der Waals surface area contributed by atoms with Crippen molar-refractivity contribution in [3.63, 3.8) is 0 Å². The highest BCUT2D eigenvalue weighted by atomic mass is 35.5. The van der Waals surface area contributed by atoms with Gasteiger partial charge < -0.3 is 14.9 Å². The Balaban J connectivity index is 2.31. The number of rotatable bonds is 6. The van der Waals surface area contributed by atoms with Crippen molar-refractivity contribution in [1.29, 1.82) is 0 Å². The lowest BCUT2D eigenvalue weighted by atomic mass is 10.0. The molecule has 0 radical (unpaired) electrons. The summed E-state index contributed by atoms with van der Waals surface area (Å²) in [4.78, 5) is 16.9. The van der Waals surface area contributed by atoms with E-state index in [4.69, 9.17) is 21.2 Å². The van der Waals surface area contributed by atoms with Crippen molar-refractivity contribution in [3.8, 4) is 5.75 Å². The van der Waals surface area contributed by atoms with E-state index in [1.165, 1.54) is 7.11 Å². The van der Waals surface area contributed by atoms with Gasteiger partial charge in [-0.1, -0.05) is 41.0 Å². The Morgan fingerprint density at radius 1 is 1.20 bits per heavy atom. The van der Waals surface area contributed by atoms with Gasteiger partial charge in [0.2, 0.25) is 0 Å². The minimum absolute atomic E-state index is 0.190. The molecule has 132 valence electrons. The summed E-state index contributed by atoms with van der Waals surface area (Å²) in [5, 5.41) is 6.96. The first-order chi connectivity index (χ1) is 12.0. The molecule has 0 aliphatic heterocycles. The van der Waals surface area contributed by atoms with E-state index >= 15 is 0 Å². The number of carbonyl (C=O) groups is 1. The lowest BCUT2D eigenvalue weighted by molar-refractivity contribution is -0.114. The monoisotopic (exact) mass is 360 g/mol. The van der Waals surface area contributed by atoms with Crippen molar-refractivity contribution in [1.82, 2.24) is 5.32 Å². The molecule has 0 saturated carbocycles. The van der Waals surface area contributed by atoms with Crippen molar-refractivity contribution in [3.05, 3.63) is 63.7 Å². The normalized spacial score (nSPS) is 11.2. The van der Waals surface area contributed by atoms with Crippen LogP contribution in [-0.2, 0) is 16.2 Å². The molecule has 0 bridgehead atoms. The number of hydrogen-bond donors (Lipinski definition) is 1. The van der Waals surface area contributed by atoms with Gasteiger partial charge in [0, 0.05) is 12.6 Å². The Kier molecular flexibility index (Phi) is 6.42. The van der Waals surface area contributed by atoms with E-state index in [2.05, 4.69) is 10.5 Å². The van der Waals surface area contributed by atoms with Crippen molar-refractivity contribution < 1.29 is 14.4 Å². The third-order valence-corrected chi connectivity index (χ3v) is 4.12. The summed E-state index contributed by atoms with van der Waals surface area (Å²) in [5.41, 5.74) is 3.83. The summed E-state index contributed by atoms with van der Waals surface area (Å²) in [6.45, 7) is 4.25. The molecule has 6 heteroatoms. The van der Waals surface area contributed by atoms with Crippen LogP contribution in [0.15, 0.2) is 41.6 Å². The Morgan fingerprint density at radius 3 is 2.56 bits per heavy atom. The molecular weight excluding hydrogens is 340 g/mol. The standard InChI is InChI=1S/C19H21ClN2O3/c1-12-9-16(20)17(10-13(12)2)25-11-14-7-5-6-8-15(14)18(22-24-4)19(23)21-3/h5-10H,11H2,1-4H3,(H,21,23)/b22-18-. The molecule has 0 spiro atoms. The van der Waals surface area contributed by atoms with Gasteiger partial charge in [-0.25, -0.2) is 0 Å². The van der Waals surface area contributed by atoms with Crippen LogP contribution in [0.3, 0.4) is 0 Å². The lowest BCUT2D eigenvalue weighted by Gasteiger charge is -2.14. The quantitative estimate of drug-likeness (QED) is 0.632. The molecule has 2 aromatic rings.